The monoisotopic (exact) mass is 465 g/mol. The lowest BCUT2D eigenvalue weighted by molar-refractivity contribution is -0.145. The Morgan fingerprint density at radius 1 is 1.12 bits per heavy atom. The maximum absolute atomic E-state index is 13.2. The summed E-state index contributed by atoms with van der Waals surface area (Å²) in [6.45, 7) is 6.19. The van der Waals surface area contributed by atoms with Crippen LogP contribution in [0.1, 0.15) is 24.3 Å². The Balaban J connectivity index is 1.32. The van der Waals surface area contributed by atoms with Gasteiger partial charge in [0.1, 0.15) is 12.1 Å². The molecule has 0 spiro atoms. The molecule has 2 aromatic heterocycles. The maximum Gasteiger partial charge on any atom is 0.240 e. The van der Waals surface area contributed by atoms with Gasteiger partial charge >= 0.3 is 0 Å². The molecule has 1 saturated heterocycles. The van der Waals surface area contributed by atoms with Gasteiger partial charge in [-0.15, -0.1) is 11.3 Å². The van der Waals surface area contributed by atoms with Gasteiger partial charge in [-0.1, -0.05) is 23.7 Å². The van der Waals surface area contributed by atoms with Crippen LogP contribution in [0.5, 0.6) is 0 Å². The largest absolute Gasteiger partial charge is 0.383 e. The molecule has 32 heavy (non-hydrogen) atoms. The van der Waals surface area contributed by atoms with Crippen LogP contribution < -0.4 is 5.73 Å². The normalized spacial score (nSPS) is 19.8. The second-order valence-corrected chi connectivity index (χ2v) is 10.0. The van der Waals surface area contributed by atoms with E-state index < -0.39 is 0 Å². The molecule has 3 heterocycles. The van der Waals surface area contributed by atoms with Gasteiger partial charge in [0.15, 0.2) is 0 Å². The van der Waals surface area contributed by atoms with Gasteiger partial charge in [-0.2, -0.15) is 0 Å². The molecule has 2 aromatic carbocycles. The lowest BCUT2D eigenvalue weighted by Gasteiger charge is -2.43. The van der Waals surface area contributed by atoms with Gasteiger partial charge in [-0.25, -0.2) is 9.97 Å². The van der Waals surface area contributed by atoms with Crippen LogP contribution in [0.2, 0.25) is 5.02 Å². The van der Waals surface area contributed by atoms with E-state index >= 15 is 0 Å². The van der Waals surface area contributed by atoms with E-state index in [1.807, 2.05) is 42.2 Å². The number of carbonyl (C=O) groups is 1. The summed E-state index contributed by atoms with van der Waals surface area (Å²) in [5.41, 5.74) is 7.77. The maximum atomic E-state index is 13.2. The average molecular weight is 466 g/mol. The molecule has 6 nitrogen and oxygen atoms in total. The number of amides is 1. The van der Waals surface area contributed by atoms with Crippen molar-refractivity contribution in [3.05, 3.63) is 64.3 Å². The molecule has 4 aromatic rings. The summed E-state index contributed by atoms with van der Waals surface area (Å²) in [6.07, 6.45) is 1.47. The SMILES string of the molecule is CC1CN(Cc2ccc3c(N)ncnc3c2)C(=O)C(C)N1Cc1cc2ccc(Cl)cc2s1. The second kappa shape index (κ2) is 8.31. The number of hydrogen-bond acceptors (Lipinski definition) is 6. The third-order valence-corrected chi connectivity index (χ3v) is 7.51. The molecule has 2 N–H and O–H groups in total. The summed E-state index contributed by atoms with van der Waals surface area (Å²) in [6, 6.07) is 14.2. The van der Waals surface area contributed by atoms with Crippen molar-refractivity contribution in [2.24, 2.45) is 0 Å². The summed E-state index contributed by atoms with van der Waals surface area (Å²) in [5, 5.41) is 2.78. The molecule has 0 radical (unpaired) electrons. The second-order valence-electron chi connectivity index (χ2n) is 8.42. The van der Waals surface area contributed by atoms with E-state index in [0.717, 1.165) is 28.0 Å². The summed E-state index contributed by atoms with van der Waals surface area (Å²) < 4.78 is 1.18. The molecular weight excluding hydrogens is 442 g/mol. The molecule has 0 bridgehead atoms. The Labute approximate surface area is 195 Å². The first-order valence-corrected chi connectivity index (χ1v) is 11.8. The Morgan fingerprint density at radius 3 is 2.81 bits per heavy atom. The lowest BCUT2D eigenvalue weighted by atomic mass is 10.0. The van der Waals surface area contributed by atoms with Crippen molar-refractivity contribution in [3.63, 3.8) is 0 Å². The fraction of sp³-hybridized carbons (Fsp3) is 0.292. The highest BCUT2D eigenvalue weighted by molar-refractivity contribution is 7.19. The number of fused-ring (bicyclic) bond motifs is 2. The van der Waals surface area contributed by atoms with E-state index in [1.54, 1.807) is 11.3 Å². The molecule has 1 aliphatic heterocycles. The molecule has 2 atom stereocenters. The van der Waals surface area contributed by atoms with Crippen molar-refractivity contribution < 1.29 is 4.79 Å². The number of benzene rings is 2. The zero-order chi connectivity index (χ0) is 22.4. The molecule has 1 aliphatic rings. The summed E-state index contributed by atoms with van der Waals surface area (Å²) in [7, 11) is 0. The van der Waals surface area contributed by atoms with Crippen LogP contribution in [0.25, 0.3) is 21.0 Å². The summed E-state index contributed by atoms with van der Waals surface area (Å²) in [4.78, 5) is 27.1. The quantitative estimate of drug-likeness (QED) is 0.472. The Morgan fingerprint density at radius 2 is 1.97 bits per heavy atom. The van der Waals surface area contributed by atoms with E-state index in [-0.39, 0.29) is 18.0 Å². The smallest absolute Gasteiger partial charge is 0.240 e. The van der Waals surface area contributed by atoms with Crippen molar-refractivity contribution in [3.8, 4) is 0 Å². The zero-order valence-electron chi connectivity index (χ0n) is 18.0. The van der Waals surface area contributed by atoms with Crippen molar-refractivity contribution in [2.45, 2.75) is 39.0 Å². The lowest BCUT2D eigenvalue weighted by Crippen LogP contribution is -2.59. The minimum atomic E-state index is -0.189. The third kappa shape index (κ3) is 3.92. The Kier molecular flexibility index (Phi) is 5.49. The van der Waals surface area contributed by atoms with Crippen LogP contribution in [0.4, 0.5) is 5.82 Å². The number of hydrogen-bond donors (Lipinski definition) is 1. The van der Waals surface area contributed by atoms with Crippen LogP contribution >= 0.6 is 22.9 Å². The molecule has 164 valence electrons. The highest BCUT2D eigenvalue weighted by Crippen LogP contribution is 2.31. The molecule has 5 rings (SSSR count). The number of thiophene rings is 1. The van der Waals surface area contributed by atoms with Crippen molar-refractivity contribution >= 4 is 55.7 Å². The van der Waals surface area contributed by atoms with Crippen molar-refractivity contribution in [2.75, 3.05) is 12.3 Å². The fourth-order valence-electron chi connectivity index (χ4n) is 4.50. The molecule has 1 amide bonds. The predicted octanol–water partition coefficient (Wildman–Crippen LogP) is 4.70. The number of piperazine rings is 1. The molecule has 2 unspecified atom stereocenters. The van der Waals surface area contributed by atoms with Gasteiger partial charge in [0.25, 0.3) is 0 Å². The van der Waals surface area contributed by atoms with Crippen molar-refractivity contribution in [1.29, 1.82) is 0 Å². The Hall–Kier alpha value is -2.74. The number of aromatic nitrogens is 2. The van der Waals surface area contributed by atoms with Crippen LogP contribution in [-0.4, -0.2) is 44.3 Å². The highest BCUT2D eigenvalue weighted by atomic mass is 35.5. The topological polar surface area (TPSA) is 75.3 Å². The summed E-state index contributed by atoms with van der Waals surface area (Å²) in [5.74, 6) is 0.617. The first kappa shape index (κ1) is 21.1. The number of carbonyl (C=O) groups excluding carboxylic acids is 1. The van der Waals surface area contributed by atoms with E-state index in [0.29, 0.717) is 18.9 Å². The number of rotatable bonds is 4. The summed E-state index contributed by atoms with van der Waals surface area (Å²) >= 11 is 7.88. The average Bonchev–Trinajstić information content (AvgIpc) is 3.16. The van der Waals surface area contributed by atoms with E-state index in [2.05, 4.69) is 33.9 Å². The van der Waals surface area contributed by atoms with Gasteiger partial charge in [0, 0.05) is 45.7 Å². The first-order chi connectivity index (χ1) is 15.4. The molecule has 1 fully saturated rings. The zero-order valence-corrected chi connectivity index (χ0v) is 19.5. The number of halogens is 1. The van der Waals surface area contributed by atoms with E-state index in [1.165, 1.54) is 21.3 Å². The van der Waals surface area contributed by atoms with Gasteiger partial charge in [-0.05, 0) is 55.1 Å². The Bertz CT molecular complexity index is 1320. The minimum Gasteiger partial charge on any atom is -0.383 e. The minimum absolute atomic E-state index is 0.148. The number of nitrogens with zero attached hydrogens (tertiary/aromatic N) is 4. The molecule has 0 saturated carbocycles. The van der Waals surface area contributed by atoms with Gasteiger partial charge < -0.3 is 10.6 Å². The van der Waals surface area contributed by atoms with Crippen LogP contribution in [0, 0.1) is 0 Å². The van der Waals surface area contributed by atoms with Crippen LogP contribution in [-0.2, 0) is 17.9 Å². The fourth-order valence-corrected chi connectivity index (χ4v) is 5.85. The van der Waals surface area contributed by atoms with Crippen LogP contribution in [0.3, 0.4) is 0 Å². The van der Waals surface area contributed by atoms with Crippen molar-refractivity contribution in [1.82, 2.24) is 19.8 Å². The third-order valence-electron chi connectivity index (χ3n) is 6.19. The van der Waals surface area contributed by atoms with Gasteiger partial charge in [-0.3, -0.25) is 9.69 Å². The molecule has 8 heteroatoms. The number of nitrogen functional groups attached to an aromatic ring is 1. The molecular formula is C24H24ClN5OS. The first-order valence-electron chi connectivity index (χ1n) is 10.6. The van der Waals surface area contributed by atoms with Gasteiger partial charge in [0.2, 0.25) is 5.91 Å². The molecule has 0 aliphatic carbocycles. The van der Waals surface area contributed by atoms with Crippen LogP contribution in [0.15, 0.2) is 48.8 Å². The van der Waals surface area contributed by atoms with E-state index in [4.69, 9.17) is 17.3 Å². The highest BCUT2D eigenvalue weighted by Gasteiger charge is 2.36. The number of nitrogens with two attached hydrogens (primary N) is 1. The predicted molar refractivity (Wildman–Crippen MR) is 131 cm³/mol. The number of anilines is 1. The van der Waals surface area contributed by atoms with E-state index in [9.17, 15) is 4.79 Å². The van der Waals surface area contributed by atoms with Gasteiger partial charge in [0.05, 0.1) is 11.6 Å². The standard InChI is InChI=1S/C24H24ClN5OS/c1-14-10-29(11-16-3-6-20-21(7-16)27-13-28-23(20)26)24(31)15(2)30(14)12-19-8-17-4-5-18(25)9-22(17)32-19/h3-9,13-15H,10-12H2,1-2H3,(H2,26,27,28).